The van der Waals surface area contributed by atoms with E-state index >= 15 is 0 Å². The molecule has 150 valence electrons. The lowest BCUT2D eigenvalue weighted by Crippen LogP contribution is -2.25. The molecular weight excluding hydrogens is 358 g/mol. The van der Waals surface area contributed by atoms with Crippen LogP contribution in [0.3, 0.4) is 0 Å². The Morgan fingerprint density at radius 3 is 2.52 bits per heavy atom. The van der Waals surface area contributed by atoms with E-state index in [1.54, 1.807) is 0 Å². The Balaban J connectivity index is 1.54. The van der Waals surface area contributed by atoms with Crippen molar-refractivity contribution in [2.45, 2.75) is 24.9 Å². The van der Waals surface area contributed by atoms with Gasteiger partial charge in [-0.3, -0.25) is 5.43 Å². The summed E-state index contributed by atoms with van der Waals surface area (Å²) in [5.41, 5.74) is 11.9. The third-order valence-corrected chi connectivity index (χ3v) is 6.36. The van der Waals surface area contributed by atoms with Gasteiger partial charge in [0.15, 0.2) is 0 Å². The second-order valence-corrected chi connectivity index (χ2v) is 8.43. The van der Waals surface area contributed by atoms with E-state index in [4.69, 9.17) is 4.98 Å². The maximum Gasteiger partial charge on any atom is 0.0956 e. The molecule has 5 heteroatoms. The highest BCUT2D eigenvalue weighted by molar-refractivity contribution is 5.63. The average molecular weight is 388 g/mol. The molecule has 0 bridgehead atoms. The lowest BCUT2D eigenvalue weighted by molar-refractivity contribution is 0.373. The highest BCUT2D eigenvalue weighted by atomic mass is 15.4. The third-order valence-electron chi connectivity index (χ3n) is 6.36. The van der Waals surface area contributed by atoms with Gasteiger partial charge < -0.3 is 9.47 Å². The predicted octanol–water partition coefficient (Wildman–Crippen LogP) is 3.43. The van der Waals surface area contributed by atoms with Crippen molar-refractivity contribution in [1.29, 1.82) is 0 Å². The fourth-order valence-electron chi connectivity index (χ4n) is 4.93. The van der Waals surface area contributed by atoms with Crippen LogP contribution in [0.15, 0.2) is 67.0 Å². The van der Waals surface area contributed by atoms with Gasteiger partial charge in [-0.2, -0.15) is 0 Å². The minimum Gasteiger partial charge on any atom is -0.333 e. The molecule has 3 atom stereocenters. The summed E-state index contributed by atoms with van der Waals surface area (Å²) in [5.74, 6) is 1.02. The molecule has 1 aromatic heterocycles. The van der Waals surface area contributed by atoms with Crippen LogP contribution in [-0.4, -0.2) is 41.1 Å². The number of nitrogens with one attached hydrogen (secondary N) is 2. The lowest BCUT2D eigenvalue weighted by atomic mass is 9.89. The lowest BCUT2D eigenvalue weighted by Gasteiger charge is -2.23. The number of benzene rings is 2. The Morgan fingerprint density at radius 1 is 1.03 bits per heavy atom. The molecule has 5 rings (SSSR count). The number of imidazole rings is 1. The molecule has 29 heavy (non-hydrogen) atoms. The fraction of sp³-hybridized carbons (Fsp3) is 0.375. The Labute approximate surface area is 172 Å². The van der Waals surface area contributed by atoms with Crippen LogP contribution in [-0.2, 0) is 6.54 Å². The summed E-state index contributed by atoms with van der Waals surface area (Å²) < 4.78 is 2.43. The Hall–Kier alpha value is -2.47. The molecule has 3 heterocycles. The van der Waals surface area contributed by atoms with Gasteiger partial charge in [-0.05, 0) is 31.5 Å². The van der Waals surface area contributed by atoms with Crippen LogP contribution in [0.5, 0.6) is 0 Å². The summed E-state index contributed by atoms with van der Waals surface area (Å²) in [6.07, 6.45) is 3.33. The van der Waals surface area contributed by atoms with Gasteiger partial charge in [0.05, 0.1) is 23.8 Å². The van der Waals surface area contributed by atoms with E-state index in [-0.39, 0.29) is 6.04 Å². The molecule has 0 amide bonds. The van der Waals surface area contributed by atoms with Crippen molar-refractivity contribution in [3.8, 4) is 11.3 Å². The molecule has 5 nitrogen and oxygen atoms in total. The van der Waals surface area contributed by atoms with E-state index in [1.807, 2.05) is 0 Å². The Bertz CT molecular complexity index is 936. The van der Waals surface area contributed by atoms with E-state index in [2.05, 4.69) is 94.4 Å². The van der Waals surface area contributed by atoms with Gasteiger partial charge in [0.25, 0.3) is 0 Å². The summed E-state index contributed by atoms with van der Waals surface area (Å²) in [4.78, 5) is 7.35. The normalized spacial score (nSPS) is 24.9. The topological polar surface area (TPSA) is 45.1 Å². The molecule has 2 aliphatic rings. The summed E-state index contributed by atoms with van der Waals surface area (Å²) in [5, 5.41) is 0. The molecule has 2 fully saturated rings. The van der Waals surface area contributed by atoms with Crippen molar-refractivity contribution in [3.05, 3.63) is 78.2 Å². The molecule has 3 aromatic rings. The van der Waals surface area contributed by atoms with Crippen LogP contribution >= 0.6 is 0 Å². The van der Waals surface area contributed by atoms with Crippen LogP contribution < -0.4 is 10.9 Å². The molecule has 0 radical (unpaired) electrons. The highest BCUT2D eigenvalue weighted by Crippen LogP contribution is 2.38. The first-order valence-corrected chi connectivity index (χ1v) is 10.6. The van der Waals surface area contributed by atoms with Crippen molar-refractivity contribution in [2.24, 2.45) is 5.92 Å². The molecule has 2 saturated heterocycles. The van der Waals surface area contributed by atoms with E-state index in [0.29, 0.717) is 11.8 Å². The summed E-state index contributed by atoms with van der Waals surface area (Å²) in [6, 6.07) is 21.6. The van der Waals surface area contributed by atoms with E-state index < -0.39 is 0 Å². The Kier molecular flexibility index (Phi) is 5.19. The first-order valence-electron chi connectivity index (χ1n) is 10.6. The summed E-state index contributed by atoms with van der Waals surface area (Å²) >= 11 is 0. The number of hydrogen-bond donors (Lipinski definition) is 2. The molecule has 3 unspecified atom stereocenters. The number of hydrazine groups is 1. The van der Waals surface area contributed by atoms with Crippen LogP contribution in [0.2, 0.25) is 0 Å². The van der Waals surface area contributed by atoms with Gasteiger partial charge in [-0.15, -0.1) is 0 Å². The van der Waals surface area contributed by atoms with Crippen molar-refractivity contribution in [2.75, 3.05) is 26.7 Å². The van der Waals surface area contributed by atoms with E-state index in [1.165, 1.54) is 36.3 Å². The molecule has 2 aromatic carbocycles. The zero-order valence-electron chi connectivity index (χ0n) is 17.0. The SMILES string of the molecule is CN1CCC(Cn2cnc(-c3ccccc3)c2C2CNNC2c2ccccc2)C1. The maximum absolute atomic E-state index is 4.91. The number of aromatic nitrogens is 2. The van der Waals surface area contributed by atoms with Crippen LogP contribution in [0.25, 0.3) is 11.3 Å². The monoisotopic (exact) mass is 387 g/mol. The van der Waals surface area contributed by atoms with Gasteiger partial charge in [0, 0.05) is 31.1 Å². The molecule has 2 aliphatic heterocycles. The number of hydrogen-bond acceptors (Lipinski definition) is 4. The fourth-order valence-corrected chi connectivity index (χ4v) is 4.93. The Morgan fingerprint density at radius 2 is 1.79 bits per heavy atom. The number of likely N-dealkylation sites (tertiary alicyclic amines) is 1. The van der Waals surface area contributed by atoms with Gasteiger partial charge in [0.2, 0.25) is 0 Å². The van der Waals surface area contributed by atoms with Crippen LogP contribution in [0, 0.1) is 5.92 Å². The zero-order chi connectivity index (χ0) is 19.6. The molecule has 0 spiro atoms. The predicted molar refractivity (Wildman–Crippen MR) is 116 cm³/mol. The van der Waals surface area contributed by atoms with Crippen molar-refractivity contribution in [3.63, 3.8) is 0 Å². The average Bonchev–Trinajstić information content (AvgIpc) is 3.49. The largest absolute Gasteiger partial charge is 0.333 e. The minimum atomic E-state index is 0.236. The first kappa shape index (κ1) is 18.6. The van der Waals surface area contributed by atoms with Crippen molar-refractivity contribution >= 4 is 0 Å². The van der Waals surface area contributed by atoms with Gasteiger partial charge >= 0.3 is 0 Å². The van der Waals surface area contributed by atoms with Crippen molar-refractivity contribution in [1.82, 2.24) is 25.3 Å². The zero-order valence-corrected chi connectivity index (χ0v) is 17.0. The molecule has 0 aliphatic carbocycles. The molecule has 2 N–H and O–H groups in total. The van der Waals surface area contributed by atoms with Crippen molar-refractivity contribution < 1.29 is 0 Å². The number of rotatable bonds is 5. The minimum absolute atomic E-state index is 0.236. The second-order valence-electron chi connectivity index (χ2n) is 8.43. The first-order chi connectivity index (χ1) is 14.3. The quantitative estimate of drug-likeness (QED) is 0.704. The molecular formula is C24H29N5. The van der Waals surface area contributed by atoms with E-state index in [0.717, 1.165) is 18.8 Å². The smallest absolute Gasteiger partial charge is 0.0956 e. The second kappa shape index (κ2) is 8.11. The standard InChI is InChI=1S/C24H29N5/c1-28-13-12-18(15-28)16-29-17-25-23(20-10-6-3-7-11-20)24(29)21-14-26-27-22(21)19-8-4-2-5-9-19/h2-11,17-18,21-22,26-27H,12-16H2,1H3. The third kappa shape index (κ3) is 3.73. The highest BCUT2D eigenvalue weighted by Gasteiger charge is 2.35. The maximum atomic E-state index is 4.91. The van der Waals surface area contributed by atoms with Gasteiger partial charge in [-0.1, -0.05) is 60.7 Å². The van der Waals surface area contributed by atoms with Crippen LogP contribution in [0.4, 0.5) is 0 Å². The summed E-state index contributed by atoms with van der Waals surface area (Å²) in [6.45, 7) is 4.30. The van der Waals surface area contributed by atoms with E-state index in [9.17, 15) is 0 Å². The summed E-state index contributed by atoms with van der Waals surface area (Å²) in [7, 11) is 2.22. The molecule has 0 saturated carbocycles. The van der Waals surface area contributed by atoms with Gasteiger partial charge in [-0.25, -0.2) is 10.4 Å². The number of nitrogens with zero attached hydrogens (tertiary/aromatic N) is 3. The van der Waals surface area contributed by atoms with Gasteiger partial charge in [0.1, 0.15) is 0 Å². The van der Waals surface area contributed by atoms with Crippen LogP contribution in [0.1, 0.15) is 29.6 Å².